The smallest absolute Gasteiger partial charge is 0.394 e. The van der Waals surface area contributed by atoms with Gasteiger partial charge in [-0.2, -0.15) is 8.42 Å². The molecule has 208 valence electrons. The van der Waals surface area contributed by atoms with E-state index in [1.807, 2.05) is 48.5 Å². The van der Waals surface area contributed by atoms with Gasteiger partial charge in [-0.15, -0.1) is 0 Å². The van der Waals surface area contributed by atoms with Crippen molar-refractivity contribution >= 4 is 39.3 Å². The normalized spacial score (nSPS) is 15.6. The lowest BCUT2D eigenvalue weighted by molar-refractivity contribution is -0.151. The molecule has 0 aliphatic carbocycles. The lowest BCUT2D eigenvalue weighted by Crippen LogP contribution is -2.25. The molecule has 0 radical (unpaired) electrons. The zero-order valence-corrected chi connectivity index (χ0v) is 22.6. The largest absolute Gasteiger partial charge is 0.497 e. The molecule has 1 aliphatic rings. The van der Waals surface area contributed by atoms with Crippen molar-refractivity contribution in [3.63, 3.8) is 0 Å². The Balaban J connectivity index is 0.000000926. The number of rotatable bonds is 12. The summed E-state index contributed by atoms with van der Waals surface area (Å²) < 4.78 is 48.4. The monoisotopic (exact) mass is 569 g/mol. The maximum atomic E-state index is 12.3. The Labute approximate surface area is 225 Å². The molecule has 2 unspecified atom stereocenters. The fourth-order valence-corrected chi connectivity index (χ4v) is 4.25. The molecule has 11 nitrogen and oxygen atoms in total. The summed E-state index contributed by atoms with van der Waals surface area (Å²) in [4.78, 5) is 35.4. The van der Waals surface area contributed by atoms with E-state index in [4.69, 9.17) is 31.7 Å². The van der Waals surface area contributed by atoms with Gasteiger partial charge in [0.2, 0.25) is 5.91 Å². The zero-order valence-electron chi connectivity index (χ0n) is 21.0. The first-order valence-corrected chi connectivity index (χ1v) is 14.0. The highest BCUT2D eigenvalue weighted by atomic mass is 32.3. The third-order valence-corrected chi connectivity index (χ3v) is 6.24. The number of nitrogens with one attached hydrogen (secondary N) is 1. The number of ether oxygens (including phenoxy) is 3. The van der Waals surface area contributed by atoms with E-state index in [2.05, 4.69) is 12.2 Å². The number of benzene rings is 2. The summed E-state index contributed by atoms with van der Waals surface area (Å²) in [5.41, 5.74) is 1.75. The van der Waals surface area contributed by atoms with Crippen LogP contribution in [0.25, 0.3) is 0 Å². The van der Waals surface area contributed by atoms with Crippen LogP contribution in [0.15, 0.2) is 48.5 Å². The summed E-state index contributed by atoms with van der Waals surface area (Å²) in [6.45, 7) is 2.26. The third kappa shape index (κ3) is 11.9. The van der Waals surface area contributed by atoms with E-state index in [9.17, 15) is 14.4 Å². The summed E-state index contributed by atoms with van der Waals surface area (Å²) in [5, 5.41) is 1.58. The Morgan fingerprint density at radius 2 is 1.63 bits per heavy atom. The van der Waals surface area contributed by atoms with Crippen molar-refractivity contribution < 1.29 is 46.1 Å². The van der Waals surface area contributed by atoms with E-state index >= 15 is 0 Å². The Morgan fingerprint density at radius 1 is 1.03 bits per heavy atom. The second-order valence-corrected chi connectivity index (χ2v) is 10.3. The van der Waals surface area contributed by atoms with Gasteiger partial charge in [0.1, 0.15) is 18.1 Å². The lowest BCUT2D eigenvalue weighted by Gasteiger charge is -2.19. The number of amides is 2. The highest BCUT2D eigenvalue weighted by Gasteiger charge is 2.31. The molecular formula is C25H31NO10S2. The van der Waals surface area contributed by atoms with Gasteiger partial charge in [0.15, 0.2) is 6.10 Å². The van der Waals surface area contributed by atoms with Crippen LogP contribution in [0.5, 0.6) is 11.5 Å². The molecule has 13 heteroatoms. The molecule has 2 atom stereocenters. The van der Waals surface area contributed by atoms with Gasteiger partial charge >= 0.3 is 16.4 Å². The minimum absolute atomic E-state index is 0.167. The van der Waals surface area contributed by atoms with Crippen molar-refractivity contribution in [2.75, 3.05) is 13.7 Å². The first-order valence-electron chi connectivity index (χ1n) is 11.7. The molecular weight excluding hydrogens is 538 g/mol. The molecule has 0 saturated carbocycles. The van der Waals surface area contributed by atoms with Gasteiger partial charge in [-0.3, -0.25) is 28.8 Å². The number of hydrogen-bond donors (Lipinski definition) is 3. The van der Waals surface area contributed by atoms with Crippen LogP contribution in [-0.2, 0) is 31.1 Å². The summed E-state index contributed by atoms with van der Waals surface area (Å²) >= 11 is 1.01. The van der Waals surface area contributed by atoms with Crippen molar-refractivity contribution in [1.82, 2.24) is 5.32 Å². The average Bonchev–Trinajstić information content (AvgIpc) is 3.18. The van der Waals surface area contributed by atoms with E-state index in [1.165, 1.54) is 0 Å². The van der Waals surface area contributed by atoms with Crippen LogP contribution >= 0.6 is 11.8 Å². The van der Waals surface area contributed by atoms with Crippen LogP contribution in [0.4, 0.5) is 4.79 Å². The number of esters is 1. The molecule has 0 aromatic heterocycles. The molecule has 3 N–H and O–H groups in total. The topological polar surface area (TPSA) is 166 Å². The minimum atomic E-state index is -4.67. The van der Waals surface area contributed by atoms with Crippen LogP contribution in [-0.4, -0.2) is 53.6 Å². The number of carbonyl (C=O) groups excluding carboxylic acids is 3. The van der Waals surface area contributed by atoms with Crippen LogP contribution in [0.3, 0.4) is 0 Å². The van der Waals surface area contributed by atoms with Gasteiger partial charge < -0.3 is 14.2 Å². The van der Waals surface area contributed by atoms with Crippen molar-refractivity contribution in [3.8, 4) is 11.5 Å². The lowest BCUT2D eigenvalue weighted by atomic mass is 10.1. The number of imide groups is 1. The number of methoxy groups -OCH3 is 1. The number of carbonyl (C=O) groups is 3. The summed E-state index contributed by atoms with van der Waals surface area (Å²) in [5.74, 6) is 0.844. The van der Waals surface area contributed by atoms with E-state index < -0.39 is 21.8 Å². The van der Waals surface area contributed by atoms with Gasteiger partial charge in [0, 0.05) is 6.42 Å². The molecule has 0 bridgehead atoms. The summed E-state index contributed by atoms with van der Waals surface area (Å²) in [6, 6.07) is 14.7. The average molecular weight is 570 g/mol. The first-order chi connectivity index (χ1) is 18.0. The molecule has 0 spiro atoms. The van der Waals surface area contributed by atoms with Crippen LogP contribution in [0.1, 0.15) is 49.8 Å². The van der Waals surface area contributed by atoms with Crippen molar-refractivity contribution in [3.05, 3.63) is 59.7 Å². The predicted molar refractivity (Wildman–Crippen MR) is 141 cm³/mol. The fraction of sp³-hybridized carbons (Fsp3) is 0.400. The Hall–Kier alpha value is -3.13. The van der Waals surface area contributed by atoms with Gasteiger partial charge in [-0.05, 0) is 48.2 Å². The van der Waals surface area contributed by atoms with E-state index in [0.717, 1.165) is 47.9 Å². The minimum Gasteiger partial charge on any atom is -0.497 e. The third-order valence-electron chi connectivity index (χ3n) is 5.26. The highest BCUT2D eigenvalue weighted by Crippen LogP contribution is 2.26. The van der Waals surface area contributed by atoms with E-state index in [0.29, 0.717) is 18.6 Å². The molecule has 2 aromatic rings. The Kier molecular flexibility index (Phi) is 12.5. The van der Waals surface area contributed by atoms with Crippen LogP contribution < -0.4 is 14.8 Å². The summed E-state index contributed by atoms with van der Waals surface area (Å²) in [7, 11) is -3.07. The standard InChI is InChI=1S/C25H29NO6S.H2O4S/c1-3-4-5-6-23(27)32-21(18-9-13-19(30-2)14-10-18)16-31-20-11-7-17(8-12-20)15-22-24(28)26-25(29)33-22;1-5(2,3)4/h7-14,21-22H,3-6,15-16H2,1-2H3,(H,26,28,29);(H2,1,2,3,4). The molecule has 2 aromatic carbocycles. The molecule has 1 heterocycles. The van der Waals surface area contributed by atoms with Crippen molar-refractivity contribution in [2.24, 2.45) is 0 Å². The van der Waals surface area contributed by atoms with Gasteiger partial charge in [-0.1, -0.05) is 55.8 Å². The van der Waals surface area contributed by atoms with E-state index in [-0.39, 0.29) is 23.7 Å². The predicted octanol–water partition coefficient (Wildman–Crippen LogP) is 4.18. The van der Waals surface area contributed by atoms with Gasteiger partial charge in [0.25, 0.3) is 5.24 Å². The Morgan fingerprint density at radius 3 is 2.16 bits per heavy atom. The molecule has 3 rings (SSSR count). The zero-order chi connectivity index (χ0) is 28.1. The molecule has 1 aliphatic heterocycles. The van der Waals surface area contributed by atoms with Crippen LogP contribution in [0, 0.1) is 0 Å². The number of unbranched alkanes of at least 4 members (excludes halogenated alkanes) is 2. The van der Waals surface area contributed by atoms with Crippen molar-refractivity contribution in [1.29, 1.82) is 0 Å². The molecule has 38 heavy (non-hydrogen) atoms. The first kappa shape index (κ1) is 31.1. The second kappa shape index (κ2) is 15.3. The quantitative estimate of drug-likeness (QED) is 0.191. The second-order valence-electron chi connectivity index (χ2n) is 8.20. The molecule has 1 fully saturated rings. The highest BCUT2D eigenvalue weighted by molar-refractivity contribution is 8.15. The molecule has 2 amide bonds. The van der Waals surface area contributed by atoms with E-state index in [1.54, 1.807) is 7.11 Å². The maximum Gasteiger partial charge on any atom is 0.394 e. The van der Waals surface area contributed by atoms with Crippen molar-refractivity contribution in [2.45, 2.75) is 50.4 Å². The number of hydrogen-bond acceptors (Lipinski definition) is 9. The Bertz CT molecular complexity index is 1160. The fourth-order valence-electron chi connectivity index (χ4n) is 3.39. The number of thioether (sulfide) groups is 1. The van der Waals surface area contributed by atoms with Gasteiger partial charge in [0.05, 0.1) is 12.4 Å². The SMILES string of the molecule is CCCCCC(=O)OC(COc1ccc(CC2SC(=O)NC2=O)cc1)c1ccc(OC)cc1.O=S(=O)(O)O. The summed E-state index contributed by atoms with van der Waals surface area (Å²) in [6.07, 6.45) is 3.12. The van der Waals surface area contributed by atoms with Gasteiger partial charge in [-0.25, -0.2) is 0 Å². The molecule has 1 saturated heterocycles. The van der Waals surface area contributed by atoms with Crippen LogP contribution in [0.2, 0.25) is 0 Å². The maximum absolute atomic E-state index is 12.3.